The van der Waals surface area contributed by atoms with Crippen molar-refractivity contribution in [2.75, 3.05) is 0 Å². The van der Waals surface area contributed by atoms with Gasteiger partial charge in [0.1, 0.15) is 5.82 Å². The SMILES string of the molecule is O=C(C=C1CCCc2ccc(F)cc21)NC1CCCC1. The largest absolute Gasteiger partial charge is 0.350 e. The Hall–Kier alpha value is -1.64. The van der Waals surface area contributed by atoms with E-state index in [4.69, 9.17) is 0 Å². The predicted octanol–water partition coefficient (Wildman–Crippen LogP) is 3.60. The van der Waals surface area contributed by atoms with E-state index in [9.17, 15) is 9.18 Å². The van der Waals surface area contributed by atoms with Crippen molar-refractivity contribution in [2.24, 2.45) is 0 Å². The lowest BCUT2D eigenvalue weighted by Crippen LogP contribution is -2.31. The van der Waals surface area contributed by atoms with Gasteiger partial charge in [-0.1, -0.05) is 18.9 Å². The first-order valence-corrected chi connectivity index (χ1v) is 7.52. The van der Waals surface area contributed by atoms with Crippen LogP contribution in [0, 0.1) is 5.82 Å². The first-order valence-electron chi connectivity index (χ1n) is 7.52. The molecule has 0 radical (unpaired) electrons. The first kappa shape index (κ1) is 13.3. The predicted molar refractivity (Wildman–Crippen MR) is 77.7 cm³/mol. The molecule has 106 valence electrons. The number of fused-ring (bicyclic) bond motifs is 1. The molecule has 0 unspecified atom stereocenters. The maximum Gasteiger partial charge on any atom is 0.244 e. The molecule has 1 aromatic rings. The lowest BCUT2D eigenvalue weighted by molar-refractivity contribution is -0.117. The van der Waals surface area contributed by atoms with Crippen LogP contribution in [0.4, 0.5) is 4.39 Å². The van der Waals surface area contributed by atoms with E-state index in [2.05, 4.69) is 5.32 Å². The quantitative estimate of drug-likeness (QED) is 0.819. The van der Waals surface area contributed by atoms with E-state index in [1.54, 1.807) is 12.1 Å². The second kappa shape index (κ2) is 5.78. The molecule has 3 rings (SSSR count). The van der Waals surface area contributed by atoms with Crippen molar-refractivity contribution in [3.63, 3.8) is 0 Å². The number of benzene rings is 1. The zero-order valence-corrected chi connectivity index (χ0v) is 11.6. The molecular formula is C17H20FNO. The van der Waals surface area contributed by atoms with Crippen LogP contribution in [0.15, 0.2) is 24.3 Å². The molecule has 0 bridgehead atoms. The number of carbonyl (C=O) groups excluding carboxylic acids is 1. The Morgan fingerprint density at radius 2 is 2.00 bits per heavy atom. The number of rotatable bonds is 2. The van der Waals surface area contributed by atoms with Gasteiger partial charge in [0.2, 0.25) is 5.91 Å². The van der Waals surface area contributed by atoms with Crippen LogP contribution in [0.1, 0.15) is 49.7 Å². The molecule has 3 heteroatoms. The van der Waals surface area contributed by atoms with Gasteiger partial charge in [0.15, 0.2) is 0 Å². The zero-order valence-electron chi connectivity index (χ0n) is 11.6. The Morgan fingerprint density at radius 1 is 1.20 bits per heavy atom. The summed E-state index contributed by atoms with van der Waals surface area (Å²) in [5.74, 6) is -0.253. The van der Waals surface area contributed by atoms with Gasteiger partial charge >= 0.3 is 0 Å². The van der Waals surface area contributed by atoms with Crippen molar-refractivity contribution in [1.82, 2.24) is 5.32 Å². The van der Waals surface area contributed by atoms with Crippen molar-refractivity contribution in [1.29, 1.82) is 0 Å². The highest BCUT2D eigenvalue weighted by molar-refractivity contribution is 5.96. The van der Waals surface area contributed by atoms with Gasteiger partial charge in [0, 0.05) is 12.1 Å². The molecule has 0 aliphatic heterocycles. The monoisotopic (exact) mass is 273 g/mol. The Labute approximate surface area is 119 Å². The number of carbonyl (C=O) groups is 1. The summed E-state index contributed by atoms with van der Waals surface area (Å²) in [6.07, 6.45) is 9.11. The van der Waals surface area contributed by atoms with E-state index in [-0.39, 0.29) is 11.7 Å². The molecule has 2 aliphatic rings. The summed E-state index contributed by atoms with van der Waals surface area (Å²) in [6, 6.07) is 5.23. The number of hydrogen-bond acceptors (Lipinski definition) is 1. The van der Waals surface area contributed by atoms with E-state index >= 15 is 0 Å². The van der Waals surface area contributed by atoms with E-state index in [0.717, 1.165) is 48.8 Å². The highest BCUT2D eigenvalue weighted by atomic mass is 19.1. The minimum absolute atomic E-state index is 0.0241. The topological polar surface area (TPSA) is 29.1 Å². The summed E-state index contributed by atoms with van der Waals surface area (Å²) >= 11 is 0. The molecule has 0 aromatic heterocycles. The van der Waals surface area contributed by atoms with Crippen molar-refractivity contribution in [3.8, 4) is 0 Å². The molecule has 1 fully saturated rings. The molecule has 2 aliphatic carbocycles. The van der Waals surface area contributed by atoms with Crippen molar-refractivity contribution < 1.29 is 9.18 Å². The molecule has 1 N–H and O–H groups in total. The normalized spacial score (nSPS) is 20.9. The van der Waals surface area contributed by atoms with Crippen LogP contribution in [0.5, 0.6) is 0 Å². The molecule has 1 saturated carbocycles. The lowest BCUT2D eigenvalue weighted by atomic mass is 9.87. The van der Waals surface area contributed by atoms with Crippen molar-refractivity contribution in [3.05, 3.63) is 41.2 Å². The van der Waals surface area contributed by atoms with Gasteiger partial charge in [0.05, 0.1) is 0 Å². The summed E-state index contributed by atoms with van der Waals surface area (Å²) in [4.78, 5) is 12.1. The van der Waals surface area contributed by atoms with Crippen LogP contribution >= 0.6 is 0 Å². The van der Waals surface area contributed by atoms with Crippen LogP contribution < -0.4 is 5.32 Å². The molecule has 20 heavy (non-hydrogen) atoms. The average Bonchev–Trinajstić information content (AvgIpc) is 2.92. The van der Waals surface area contributed by atoms with Gasteiger partial charge < -0.3 is 5.32 Å². The Bertz CT molecular complexity index is 544. The van der Waals surface area contributed by atoms with E-state index in [0.29, 0.717) is 6.04 Å². The van der Waals surface area contributed by atoms with Gasteiger partial charge in [-0.2, -0.15) is 0 Å². The Morgan fingerprint density at radius 3 is 2.80 bits per heavy atom. The fraction of sp³-hybridized carbons (Fsp3) is 0.471. The van der Waals surface area contributed by atoms with Crippen molar-refractivity contribution in [2.45, 2.75) is 51.0 Å². The summed E-state index contributed by atoms with van der Waals surface area (Å²) in [5, 5.41) is 3.06. The van der Waals surface area contributed by atoms with Gasteiger partial charge in [-0.05, 0) is 60.9 Å². The third-order valence-electron chi connectivity index (χ3n) is 4.32. The van der Waals surface area contributed by atoms with Crippen LogP contribution in [-0.4, -0.2) is 11.9 Å². The molecule has 0 atom stereocenters. The number of allylic oxidation sites excluding steroid dienone is 1. The highest BCUT2D eigenvalue weighted by Gasteiger charge is 2.19. The number of hydrogen-bond donors (Lipinski definition) is 1. The Balaban J connectivity index is 1.78. The Kier molecular flexibility index (Phi) is 3.86. The molecule has 1 aromatic carbocycles. The maximum atomic E-state index is 13.4. The summed E-state index contributed by atoms with van der Waals surface area (Å²) in [7, 11) is 0. The molecule has 0 heterocycles. The summed E-state index contributed by atoms with van der Waals surface area (Å²) in [5.41, 5.74) is 3.04. The molecule has 0 saturated heterocycles. The first-order chi connectivity index (χ1) is 9.72. The molecular weight excluding hydrogens is 253 g/mol. The van der Waals surface area contributed by atoms with Crippen LogP contribution in [0.25, 0.3) is 5.57 Å². The fourth-order valence-corrected chi connectivity index (χ4v) is 3.29. The molecule has 0 spiro atoms. The lowest BCUT2D eigenvalue weighted by Gasteiger charge is -2.19. The molecule has 2 nitrogen and oxygen atoms in total. The summed E-state index contributed by atoms with van der Waals surface area (Å²) < 4.78 is 13.4. The minimum Gasteiger partial charge on any atom is -0.350 e. The van der Waals surface area contributed by atoms with Gasteiger partial charge in [0.25, 0.3) is 0 Å². The minimum atomic E-state index is -0.229. The van der Waals surface area contributed by atoms with E-state index in [1.807, 2.05) is 6.07 Å². The van der Waals surface area contributed by atoms with Gasteiger partial charge in [-0.25, -0.2) is 4.39 Å². The number of halogens is 1. The summed E-state index contributed by atoms with van der Waals surface area (Å²) in [6.45, 7) is 0. The average molecular weight is 273 g/mol. The smallest absolute Gasteiger partial charge is 0.244 e. The molecule has 1 amide bonds. The van der Waals surface area contributed by atoms with Crippen molar-refractivity contribution >= 4 is 11.5 Å². The van der Waals surface area contributed by atoms with Crippen LogP contribution in [0.2, 0.25) is 0 Å². The standard InChI is InChI=1S/C17H20FNO/c18-14-9-8-12-4-3-5-13(16(12)11-14)10-17(20)19-15-6-1-2-7-15/h8-11,15H,1-7H2,(H,19,20). The van der Waals surface area contributed by atoms with E-state index < -0.39 is 0 Å². The van der Waals surface area contributed by atoms with Crippen LogP contribution in [-0.2, 0) is 11.2 Å². The maximum absolute atomic E-state index is 13.4. The number of amides is 1. The second-order valence-corrected chi connectivity index (χ2v) is 5.81. The van der Waals surface area contributed by atoms with Gasteiger partial charge in [-0.15, -0.1) is 0 Å². The fourth-order valence-electron chi connectivity index (χ4n) is 3.29. The van der Waals surface area contributed by atoms with E-state index in [1.165, 1.54) is 18.9 Å². The highest BCUT2D eigenvalue weighted by Crippen LogP contribution is 2.31. The van der Waals surface area contributed by atoms with Crippen LogP contribution in [0.3, 0.4) is 0 Å². The second-order valence-electron chi connectivity index (χ2n) is 5.81. The zero-order chi connectivity index (χ0) is 13.9. The number of nitrogens with one attached hydrogen (secondary N) is 1. The third-order valence-corrected chi connectivity index (χ3v) is 4.32. The third kappa shape index (κ3) is 2.92. The number of aryl methyl sites for hydroxylation is 1. The van der Waals surface area contributed by atoms with Gasteiger partial charge in [-0.3, -0.25) is 4.79 Å².